The molecule has 0 aromatic carbocycles. The number of pyridine rings is 1. The average Bonchev–Trinajstić information content (AvgIpc) is 2.42. The molecule has 1 saturated heterocycles. The summed E-state index contributed by atoms with van der Waals surface area (Å²) in [6, 6.07) is 3.87. The third-order valence-electron chi connectivity index (χ3n) is 4.08. The third-order valence-corrected chi connectivity index (χ3v) is 4.08. The first-order valence-corrected chi connectivity index (χ1v) is 7.59. The van der Waals surface area contributed by atoms with Crippen molar-refractivity contribution < 1.29 is 9.47 Å². The fourth-order valence-electron chi connectivity index (χ4n) is 2.72. The van der Waals surface area contributed by atoms with Gasteiger partial charge in [-0.05, 0) is 24.0 Å². The van der Waals surface area contributed by atoms with E-state index in [2.05, 4.69) is 28.6 Å². The Morgan fingerprint density at radius 1 is 1.29 bits per heavy atom. The van der Waals surface area contributed by atoms with Crippen LogP contribution in [0, 0.1) is 17.8 Å². The van der Waals surface area contributed by atoms with E-state index in [0.717, 1.165) is 36.7 Å². The van der Waals surface area contributed by atoms with Gasteiger partial charge in [-0.15, -0.1) is 0 Å². The average molecular weight is 286 g/mol. The molecule has 0 spiro atoms. The number of aromatic nitrogens is 1. The van der Waals surface area contributed by atoms with E-state index in [1.807, 2.05) is 12.1 Å². The molecule has 1 aliphatic heterocycles. The molecule has 0 atom stereocenters. The van der Waals surface area contributed by atoms with E-state index in [-0.39, 0.29) is 6.10 Å². The molecule has 112 valence electrons. The van der Waals surface area contributed by atoms with Gasteiger partial charge in [0.05, 0.1) is 18.8 Å². The van der Waals surface area contributed by atoms with Crippen LogP contribution in [0.1, 0.15) is 25.5 Å². The summed E-state index contributed by atoms with van der Waals surface area (Å²) in [5.41, 5.74) is 0.805. The molecule has 1 saturated carbocycles. The van der Waals surface area contributed by atoms with Crippen molar-refractivity contribution in [2.45, 2.75) is 32.0 Å². The summed E-state index contributed by atoms with van der Waals surface area (Å²) in [7, 11) is 1.75. The van der Waals surface area contributed by atoms with Crippen LogP contribution in [-0.4, -0.2) is 48.8 Å². The van der Waals surface area contributed by atoms with Gasteiger partial charge in [-0.1, -0.05) is 12.8 Å². The monoisotopic (exact) mass is 286 g/mol. The topological polar surface area (TPSA) is 34.6 Å². The van der Waals surface area contributed by atoms with Crippen molar-refractivity contribution >= 4 is 0 Å². The molecule has 0 radical (unpaired) electrons. The van der Waals surface area contributed by atoms with Crippen molar-refractivity contribution in [2.75, 3.05) is 26.7 Å². The lowest BCUT2D eigenvalue weighted by Crippen LogP contribution is -2.44. The summed E-state index contributed by atoms with van der Waals surface area (Å²) in [6.07, 6.45) is 4.31. The zero-order valence-electron chi connectivity index (χ0n) is 12.7. The molecular formula is C17H22N2O2. The molecule has 0 amide bonds. The molecule has 1 aliphatic carbocycles. The number of rotatable bonds is 4. The Morgan fingerprint density at radius 3 is 2.71 bits per heavy atom. The minimum atomic E-state index is 0.266. The zero-order valence-corrected chi connectivity index (χ0v) is 12.7. The van der Waals surface area contributed by atoms with Gasteiger partial charge in [0.15, 0.2) is 0 Å². The van der Waals surface area contributed by atoms with Gasteiger partial charge in [0.2, 0.25) is 0 Å². The molecule has 0 N–H and O–H groups in total. The van der Waals surface area contributed by atoms with Crippen LogP contribution < -0.4 is 4.74 Å². The fourth-order valence-corrected chi connectivity index (χ4v) is 2.72. The molecular weight excluding hydrogens is 264 g/mol. The van der Waals surface area contributed by atoms with E-state index >= 15 is 0 Å². The maximum Gasteiger partial charge on any atom is 0.138 e. The SMILES string of the molecule is CO[C@H]1C[C@H](Oc2ccc(C#CCN3CC(C)C3)nc2)C1. The van der Waals surface area contributed by atoms with Gasteiger partial charge < -0.3 is 9.47 Å². The Bertz CT molecular complexity index is 520. The first-order chi connectivity index (χ1) is 10.2. The quantitative estimate of drug-likeness (QED) is 0.792. The summed E-state index contributed by atoms with van der Waals surface area (Å²) in [4.78, 5) is 6.68. The summed E-state index contributed by atoms with van der Waals surface area (Å²) in [5.74, 6) is 7.92. The molecule has 2 heterocycles. The summed E-state index contributed by atoms with van der Waals surface area (Å²) in [6.45, 7) is 5.43. The molecule has 0 unspecified atom stereocenters. The van der Waals surface area contributed by atoms with Crippen LogP contribution in [0.5, 0.6) is 5.75 Å². The zero-order chi connectivity index (χ0) is 14.7. The molecule has 2 fully saturated rings. The summed E-state index contributed by atoms with van der Waals surface area (Å²) in [5, 5.41) is 0. The second kappa shape index (κ2) is 6.46. The largest absolute Gasteiger partial charge is 0.489 e. The van der Waals surface area contributed by atoms with E-state index < -0.39 is 0 Å². The van der Waals surface area contributed by atoms with Crippen LogP contribution in [0.25, 0.3) is 0 Å². The number of likely N-dealkylation sites (tertiary alicyclic amines) is 1. The molecule has 4 heteroatoms. The van der Waals surface area contributed by atoms with E-state index in [0.29, 0.717) is 6.10 Å². The Morgan fingerprint density at radius 2 is 2.10 bits per heavy atom. The highest BCUT2D eigenvalue weighted by atomic mass is 16.5. The lowest BCUT2D eigenvalue weighted by atomic mass is 9.92. The number of nitrogens with zero attached hydrogens (tertiary/aromatic N) is 2. The van der Waals surface area contributed by atoms with Crippen molar-refractivity contribution in [1.29, 1.82) is 0 Å². The molecule has 3 rings (SSSR count). The highest BCUT2D eigenvalue weighted by Gasteiger charge is 2.30. The molecule has 21 heavy (non-hydrogen) atoms. The van der Waals surface area contributed by atoms with Crippen LogP contribution in [-0.2, 0) is 4.74 Å². The molecule has 1 aromatic rings. The predicted molar refractivity (Wildman–Crippen MR) is 81.2 cm³/mol. The predicted octanol–water partition coefficient (Wildman–Crippen LogP) is 1.94. The minimum Gasteiger partial charge on any atom is -0.489 e. The van der Waals surface area contributed by atoms with Crippen molar-refractivity contribution in [3.05, 3.63) is 24.0 Å². The van der Waals surface area contributed by atoms with Gasteiger partial charge in [-0.25, -0.2) is 4.98 Å². The van der Waals surface area contributed by atoms with Crippen LogP contribution >= 0.6 is 0 Å². The first-order valence-electron chi connectivity index (χ1n) is 7.59. The maximum atomic E-state index is 5.82. The Hall–Kier alpha value is -1.57. The normalized spacial score (nSPS) is 25.4. The van der Waals surface area contributed by atoms with Crippen molar-refractivity contribution in [3.8, 4) is 17.6 Å². The summed E-state index contributed by atoms with van der Waals surface area (Å²) < 4.78 is 11.1. The van der Waals surface area contributed by atoms with Crippen molar-refractivity contribution in [2.24, 2.45) is 5.92 Å². The Kier molecular flexibility index (Phi) is 4.42. The number of hydrogen-bond donors (Lipinski definition) is 0. The lowest BCUT2D eigenvalue weighted by molar-refractivity contribution is -0.0382. The second-order valence-electron chi connectivity index (χ2n) is 6.05. The first kappa shape index (κ1) is 14.4. The van der Waals surface area contributed by atoms with Crippen molar-refractivity contribution in [1.82, 2.24) is 9.88 Å². The third kappa shape index (κ3) is 3.75. The minimum absolute atomic E-state index is 0.266. The van der Waals surface area contributed by atoms with Gasteiger partial charge >= 0.3 is 0 Å². The number of methoxy groups -OCH3 is 1. The van der Waals surface area contributed by atoms with E-state index in [4.69, 9.17) is 9.47 Å². The molecule has 4 nitrogen and oxygen atoms in total. The molecule has 2 aliphatic rings. The molecule has 0 bridgehead atoms. The van der Waals surface area contributed by atoms with Gasteiger partial charge in [0.25, 0.3) is 0 Å². The Balaban J connectivity index is 1.44. The standard InChI is InChI=1S/C17H22N2O2/c1-13-11-19(12-13)7-3-4-14-5-6-15(10-18-14)21-17-8-16(9-17)20-2/h5-6,10,13,16-17H,7-9,11-12H2,1-2H3/t16-,17-. The maximum absolute atomic E-state index is 5.82. The van der Waals surface area contributed by atoms with Crippen molar-refractivity contribution in [3.63, 3.8) is 0 Å². The van der Waals surface area contributed by atoms with Gasteiger partial charge in [-0.2, -0.15) is 0 Å². The van der Waals surface area contributed by atoms with Crippen LogP contribution in [0.3, 0.4) is 0 Å². The van der Waals surface area contributed by atoms with Crippen LogP contribution in [0.15, 0.2) is 18.3 Å². The molecule has 1 aromatic heterocycles. The van der Waals surface area contributed by atoms with E-state index in [1.165, 1.54) is 13.1 Å². The van der Waals surface area contributed by atoms with Gasteiger partial charge in [0.1, 0.15) is 17.5 Å². The van der Waals surface area contributed by atoms with Gasteiger partial charge in [-0.3, -0.25) is 4.90 Å². The Labute approximate surface area is 126 Å². The second-order valence-corrected chi connectivity index (χ2v) is 6.05. The van der Waals surface area contributed by atoms with Gasteiger partial charge in [0, 0.05) is 33.0 Å². The fraction of sp³-hybridized carbons (Fsp3) is 0.588. The van der Waals surface area contributed by atoms with Crippen LogP contribution in [0.2, 0.25) is 0 Å². The number of ether oxygens (including phenoxy) is 2. The number of hydrogen-bond acceptors (Lipinski definition) is 4. The highest BCUT2D eigenvalue weighted by Crippen LogP contribution is 2.27. The highest BCUT2D eigenvalue weighted by molar-refractivity contribution is 5.31. The lowest BCUT2D eigenvalue weighted by Gasteiger charge is -2.35. The van der Waals surface area contributed by atoms with Crippen LogP contribution in [0.4, 0.5) is 0 Å². The smallest absolute Gasteiger partial charge is 0.138 e. The van der Waals surface area contributed by atoms with E-state index in [1.54, 1.807) is 13.3 Å². The van der Waals surface area contributed by atoms with E-state index in [9.17, 15) is 0 Å². The summed E-state index contributed by atoms with van der Waals surface area (Å²) >= 11 is 0.